The number of aromatic nitrogens is 1. The molecule has 1 unspecified atom stereocenters. The van der Waals surface area contributed by atoms with Crippen LogP contribution in [0.1, 0.15) is 36.1 Å². The second-order valence-electron chi connectivity index (χ2n) is 5.72. The molecule has 1 aliphatic rings. The van der Waals surface area contributed by atoms with Crippen molar-refractivity contribution in [2.45, 2.75) is 32.4 Å². The molecule has 1 N–H and O–H groups in total. The summed E-state index contributed by atoms with van der Waals surface area (Å²) in [6, 6.07) is 13.3. The maximum Gasteiger partial charge on any atom is 0.133 e. The lowest BCUT2D eigenvalue weighted by atomic mass is 10.0. The molecule has 0 radical (unpaired) electrons. The van der Waals surface area contributed by atoms with E-state index in [1.165, 1.54) is 23.1 Å². The predicted molar refractivity (Wildman–Crippen MR) is 87.5 cm³/mol. The molecule has 0 amide bonds. The highest BCUT2D eigenvalue weighted by Crippen LogP contribution is 2.28. The molecular weight excluding hydrogens is 258 g/mol. The van der Waals surface area contributed by atoms with Crippen molar-refractivity contribution in [1.82, 2.24) is 10.3 Å². The van der Waals surface area contributed by atoms with Crippen LogP contribution < -0.4 is 10.2 Å². The van der Waals surface area contributed by atoms with Crippen LogP contribution in [0.3, 0.4) is 0 Å². The number of hydrogen-bond acceptors (Lipinski definition) is 3. The third-order valence-electron chi connectivity index (χ3n) is 4.37. The molecule has 3 heteroatoms. The summed E-state index contributed by atoms with van der Waals surface area (Å²) in [6.07, 6.45) is 4.25. The summed E-state index contributed by atoms with van der Waals surface area (Å²) >= 11 is 0. The number of nitrogens with zero attached hydrogens (tertiary/aromatic N) is 2. The largest absolute Gasteiger partial charge is 0.352 e. The molecule has 0 spiro atoms. The topological polar surface area (TPSA) is 28.2 Å². The fourth-order valence-corrected chi connectivity index (χ4v) is 3.05. The Morgan fingerprint density at radius 1 is 1.14 bits per heavy atom. The molecule has 3 nitrogen and oxygen atoms in total. The van der Waals surface area contributed by atoms with Gasteiger partial charge >= 0.3 is 0 Å². The lowest BCUT2D eigenvalue weighted by Gasteiger charge is -2.26. The molecule has 0 aliphatic carbocycles. The van der Waals surface area contributed by atoms with Crippen molar-refractivity contribution >= 4 is 5.82 Å². The molecule has 0 saturated heterocycles. The highest BCUT2D eigenvalue weighted by Gasteiger charge is 2.19. The SMILES string of the molecule is CNC(C)c1cccnc1N1CCCc2ccccc2C1. The third kappa shape index (κ3) is 2.93. The van der Waals surface area contributed by atoms with Crippen molar-refractivity contribution < 1.29 is 0 Å². The van der Waals surface area contributed by atoms with Gasteiger partial charge in [0.2, 0.25) is 0 Å². The van der Waals surface area contributed by atoms with E-state index < -0.39 is 0 Å². The zero-order chi connectivity index (χ0) is 14.7. The number of benzene rings is 1. The van der Waals surface area contributed by atoms with E-state index in [-0.39, 0.29) is 0 Å². The van der Waals surface area contributed by atoms with E-state index in [2.05, 4.69) is 52.5 Å². The second kappa shape index (κ2) is 6.27. The Bertz CT molecular complexity index is 609. The minimum atomic E-state index is 0.312. The number of pyridine rings is 1. The summed E-state index contributed by atoms with van der Waals surface area (Å²) in [6.45, 7) is 4.21. The van der Waals surface area contributed by atoms with Gasteiger partial charge in [-0.15, -0.1) is 0 Å². The van der Waals surface area contributed by atoms with E-state index >= 15 is 0 Å². The number of fused-ring (bicyclic) bond motifs is 1. The van der Waals surface area contributed by atoms with Gasteiger partial charge in [0.05, 0.1) is 0 Å². The average Bonchev–Trinajstić information content (AvgIpc) is 2.76. The van der Waals surface area contributed by atoms with Gasteiger partial charge in [0.15, 0.2) is 0 Å². The molecule has 21 heavy (non-hydrogen) atoms. The van der Waals surface area contributed by atoms with E-state index in [0.717, 1.165) is 25.3 Å². The van der Waals surface area contributed by atoms with Crippen LogP contribution in [0, 0.1) is 0 Å². The van der Waals surface area contributed by atoms with Crippen molar-refractivity contribution in [2.75, 3.05) is 18.5 Å². The van der Waals surface area contributed by atoms with E-state index in [9.17, 15) is 0 Å². The highest BCUT2D eigenvalue weighted by molar-refractivity contribution is 5.50. The molecule has 2 aromatic rings. The van der Waals surface area contributed by atoms with Gasteiger partial charge in [-0.05, 0) is 44.0 Å². The van der Waals surface area contributed by atoms with Crippen LogP contribution in [0.4, 0.5) is 5.82 Å². The summed E-state index contributed by atoms with van der Waals surface area (Å²) in [5, 5.41) is 3.33. The molecule has 0 fully saturated rings. The van der Waals surface area contributed by atoms with Crippen LogP contribution in [0.15, 0.2) is 42.6 Å². The lowest BCUT2D eigenvalue weighted by Crippen LogP contribution is -2.26. The first-order valence-corrected chi connectivity index (χ1v) is 7.73. The van der Waals surface area contributed by atoms with Crippen LogP contribution in [0.5, 0.6) is 0 Å². The summed E-state index contributed by atoms with van der Waals surface area (Å²) in [4.78, 5) is 7.10. The Morgan fingerprint density at radius 3 is 2.76 bits per heavy atom. The minimum Gasteiger partial charge on any atom is -0.352 e. The van der Waals surface area contributed by atoms with Crippen molar-refractivity contribution in [2.24, 2.45) is 0 Å². The number of nitrogens with one attached hydrogen (secondary N) is 1. The predicted octanol–water partition coefficient (Wildman–Crippen LogP) is 3.31. The molecule has 3 rings (SSSR count). The van der Waals surface area contributed by atoms with E-state index in [1.807, 2.05) is 19.3 Å². The third-order valence-corrected chi connectivity index (χ3v) is 4.37. The first-order valence-electron chi connectivity index (χ1n) is 7.73. The van der Waals surface area contributed by atoms with Gasteiger partial charge in [-0.2, -0.15) is 0 Å². The summed E-state index contributed by atoms with van der Waals surface area (Å²) < 4.78 is 0. The monoisotopic (exact) mass is 281 g/mol. The van der Waals surface area contributed by atoms with Crippen molar-refractivity contribution in [1.29, 1.82) is 0 Å². The van der Waals surface area contributed by atoms with Gasteiger partial charge in [0.25, 0.3) is 0 Å². The molecule has 1 atom stereocenters. The summed E-state index contributed by atoms with van der Waals surface area (Å²) in [5.41, 5.74) is 4.20. The lowest BCUT2D eigenvalue weighted by molar-refractivity contribution is 0.640. The smallest absolute Gasteiger partial charge is 0.133 e. The Balaban J connectivity index is 1.94. The average molecular weight is 281 g/mol. The molecule has 110 valence electrons. The van der Waals surface area contributed by atoms with Gasteiger partial charge in [-0.1, -0.05) is 30.3 Å². The molecule has 2 heterocycles. The van der Waals surface area contributed by atoms with Gasteiger partial charge in [0.1, 0.15) is 5.82 Å². The van der Waals surface area contributed by atoms with Crippen molar-refractivity contribution in [3.8, 4) is 0 Å². The normalized spacial score (nSPS) is 16.2. The molecule has 0 bridgehead atoms. The van der Waals surface area contributed by atoms with Gasteiger partial charge in [0, 0.05) is 30.9 Å². The Morgan fingerprint density at radius 2 is 1.95 bits per heavy atom. The van der Waals surface area contributed by atoms with Crippen LogP contribution in [-0.2, 0) is 13.0 Å². The second-order valence-corrected chi connectivity index (χ2v) is 5.72. The minimum absolute atomic E-state index is 0.312. The molecule has 1 aliphatic heterocycles. The maximum atomic E-state index is 4.67. The highest BCUT2D eigenvalue weighted by atomic mass is 15.2. The van der Waals surface area contributed by atoms with Gasteiger partial charge in [-0.3, -0.25) is 0 Å². The van der Waals surface area contributed by atoms with E-state index in [4.69, 9.17) is 0 Å². The Kier molecular flexibility index (Phi) is 4.20. The standard InChI is InChI=1S/C18H23N3/c1-14(19-2)17-10-5-11-20-18(17)21-12-6-9-15-7-3-4-8-16(15)13-21/h3-5,7-8,10-11,14,19H,6,9,12-13H2,1-2H3. The maximum absolute atomic E-state index is 4.67. The van der Waals surface area contributed by atoms with Crippen LogP contribution in [0.2, 0.25) is 0 Å². The number of aryl methyl sites for hydroxylation is 1. The number of rotatable bonds is 3. The molecular formula is C18H23N3. The Labute approximate surface area is 127 Å². The fraction of sp³-hybridized carbons (Fsp3) is 0.389. The summed E-state index contributed by atoms with van der Waals surface area (Å²) in [7, 11) is 2.00. The van der Waals surface area contributed by atoms with Crippen molar-refractivity contribution in [3.63, 3.8) is 0 Å². The zero-order valence-corrected chi connectivity index (χ0v) is 12.8. The van der Waals surface area contributed by atoms with Crippen LogP contribution in [0.25, 0.3) is 0 Å². The summed E-state index contributed by atoms with van der Waals surface area (Å²) in [5.74, 6) is 1.12. The Hall–Kier alpha value is -1.87. The van der Waals surface area contributed by atoms with Crippen molar-refractivity contribution in [3.05, 3.63) is 59.3 Å². The first-order chi connectivity index (χ1) is 10.3. The fourth-order valence-electron chi connectivity index (χ4n) is 3.05. The van der Waals surface area contributed by atoms with E-state index in [0.29, 0.717) is 6.04 Å². The molecule has 0 saturated carbocycles. The molecule has 1 aromatic carbocycles. The number of anilines is 1. The zero-order valence-electron chi connectivity index (χ0n) is 12.8. The molecule has 1 aromatic heterocycles. The van der Waals surface area contributed by atoms with E-state index in [1.54, 1.807) is 0 Å². The van der Waals surface area contributed by atoms with Gasteiger partial charge < -0.3 is 10.2 Å². The van der Waals surface area contributed by atoms with Crippen LogP contribution in [-0.4, -0.2) is 18.6 Å². The first kappa shape index (κ1) is 14.1. The van der Waals surface area contributed by atoms with Gasteiger partial charge in [-0.25, -0.2) is 4.98 Å². The number of hydrogen-bond donors (Lipinski definition) is 1. The quantitative estimate of drug-likeness (QED) is 0.935. The van der Waals surface area contributed by atoms with Crippen LogP contribution >= 0.6 is 0 Å².